The fourth-order valence-corrected chi connectivity index (χ4v) is 3.68. The smallest absolute Gasteiger partial charge is 0.406 e. The molecular weight excluding hydrogens is 430 g/mol. The average molecular weight is 448 g/mol. The van der Waals surface area contributed by atoms with Crippen LogP contribution in [0.3, 0.4) is 0 Å². The van der Waals surface area contributed by atoms with E-state index in [0.29, 0.717) is 38.4 Å². The molecule has 0 aliphatic rings. The van der Waals surface area contributed by atoms with E-state index >= 15 is 0 Å². The van der Waals surface area contributed by atoms with Gasteiger partial charge in [0.05, 0.1) is 10.7 Å². The highest BCUT2D eigenvalue weighted by molar-refractivity contribution is 6.36. The van der Waals surface area contributed by atoms with E-state index < -0.39 is 18.6 Å². The van der Waals surface area contributed by atoms with Crippen LogP contribution in [-0.4, -0.2) is 28.2 Å². The van der Waals surface area contributed by atoms with Crippen molar-refractivity contribution in [1.29, 1.82) is 0 Å². The van der Waals surface area contributed by atoms with E-state index in [4.69, 9.17) is 27.6 Å². The number of halogens is 5. The first-order valence-electron chi connectivity index (χ1n) is 8.90. The third-order valence-electron chi connectivity index (χ3n) is 4.40. The number of amides is 1. The lowest BCUT2D eigenvalue weighted by atomic mass is 10.1. The standard InChI is InChI=1S/C19H18Cl2F3N3O2/c1-4-14-17(12-7-6-11(20)8-13(12)21)27-18(29-14)16(10(3)25-27)26(15(28)5-2)9-19(22,23)24/h6-8H,4-5,9H2,1-3H3. The number of aryl methyl sites for hydroxylation is 2. The van der Waals surface area contributed by atoms with Crippen molar-refractivity contribution in [3.05, 3.63) is 39.7 Å². The molecule has 2 heterocycles. The Bertz CT molecular complexity index is 1070. The van der Waals surface area contributed by atoms with Crippen LogP contribution < -0.4 is 4.90 Å². The number of carbonyl (C=O) groups excluding carboxylic acids is 1. The molecule has 2 aromatic heterocycles. The van der Waals surface area contributed by atoms with Crippen LogP contribution in [0.15, 0.2) is 22.6 Å². The van der Waals surface area contributed by atoms with Crippen LogP contribution in [0, 0.1) is 6.92 Å². The Hall–Kier alpha value is -2.19. The van der Waals surface area contributed by atoms with E-state index in [9.17, 15) is 18.0 Å². The molecule has 1 aromatic carbocycles. The molecule has 0 radical (unpaired) electrons. The van der Waals surface area contributed by atoms with Crippen LogP contribution in [0.1, 0.15) is 31.7 Å². The molecule has 0 fully saturated rings. The second kappa shape index (κ2) is 7.91. The molecular formula is C19H18Cl2F3N3O2. The zero-order valence-electron chi connectivity index (χ0n) is 15.9. The molecule has 0 bridgehead atoms. The van der Waals surface area contributed by atoms with E-state index in [2.05, 4.69) is 5.10 Å². The quantitative estimate of drug-likeness (QED) is 0.476. The van der Waals surface area contributed by atoms with Crippen molar-refractivity contribution in [2.45, 2.75) is 39.8 Å². The number of nitrogens with zero attached hydrogens (tertiary/aromatic N) is 3. The van der Waals surface area contributed by atoms with Crippen molar-refractivity contribution in [1.82, 2.24) is 9.61 Å². The summed E-state index contributed by atoms with van der Waals surface area (Å²) in [5, 5.41) is 5.15. The Labute approximate surface area is 175 Å². The van der Waals surface area contributed by atoms with E-state index in [1.807, 2.05) is 6.92 Å². The zero-order chi connectivity index (χ0) is 21.5. The van der Waals surface area contributed by atoms with Gasteiger partial charge >= 0.3 is 6.18 Å². The maximum Gasteiger partial charge on any atom is 0.406 e. The Morgan fingerprint density at radius 2 is 1.97 bits per heavy atom. The average Bonchev–Trinajstić information content (AvgIpc) is 3.12. The molecule has 0 saturated carbocycles. The number of hydrogen-bond donors (Lipinski definition) is 0. The van der Waals surface area contributed by atoms with Gasteiger partial charge in [-0.15, -0.1) is 0 Å². The van der Waals surface area contributed by atoms with Gasteiger partial charge in [0, 0.05) is 23.4 Å². The minimum atomic E-state index is -4.58. The predicted molar refractivity (Wildman–Crippen MR) is 106 cm³/mol. The highest BCUT2D eigenvalue weighted by Crippen LogP contribution is 2.39. The van der Waals surface area contributed by atoms with Crippen molar-refractivity contribution in [2.75, 3.05) is 11.4 Å². The molecule has 0 saturated heterocycles. The predicted octanol–water partition coefficient (Wildman–Crippen LogP) is 6.08. The molecule has 1 amide bonds. The summed E-state index contributed by atoms with van der Waals surface area (Å²) in [6.45, 7) is 3.44. The van der Waals surface area contributed by atoms with E-state index in [-0.39, 0.29) is 23.5 Å². The highest BCUT2D eigenvalue weighted by Gasteiger charge is 2.37. The van der Waals surface area contributed by atoms with E-state index in [1.165, 1.54) is 18.4 Å². The van der Waals surface area contributed by atoms with Crippen LogP contribution in [0.2, 0.25) is 10.0 Å². The number of hydrogen-bond acceptors (Lipinski definition) is 3. The molecule has 156 valence electrons. The lowest BCUT2D eigenvalue weighted by Gasteiger charge is -2.22. The lowest BCUT2D eigenvalue weighted by Crippen LogP contribution is -2.39. The summed E-state index contributed by atoms with van der Waals surface area (Å²) in [6, 6.07) is 4.90. The van der Waals surface area contributed by atoms with Gasteiger partial charge in [-0.2, -0.15) is 22.8 Å². The fraction of sp³-hybridized carbons (Fsp3) is 0.368. The number of benzene rings is 1. The van der Waals surface area contributed by atoms with Gasteiger partial charge in [-0.25, -0.2) is 0 Å². The first-order chi connectivity index (χ1) is 13.6. The minimum absolute atomic E-state index is 0.000195. The maximum atomic E-state index is 13.2. The normalized spacial score (nSPS) is 12.0. The van der Waals surface area contributed by atoms with Gasteiger partial charge in [0.25, 0.3) is 0 Å². The van der Waals surface area contributed by atoms with Gasteiger partial charge in [-0.3, -0.25) is 9.69 Å². The third-order valence-corrected chi connectivity index (χ3v) is 4.95. The summed E-state index contributed by atoms with van der Waals surface area (Å²) in [4.78, 5) is 13.0. The third kappa shape index (κ3) is 4.09. The monoisotopic (exact) mass is 447 g/mol. The van der Waals surface area contributed by atoms with Crippen LogP contribution in [0.4, 0.5) is 18.9 Å². The highest BCUT2D eigenvalue weighted by atomic mass is 35.5. The summed E-state index contributed by atoms with van der Waals surface area (Å²) in [5.41, 5.74) is 1.38. The number of oxazole rings is 1. The number of carbonyl (C=O) groups is 1. The lowest BCUT2D eigenvalue weighted by molar-refractivity contribution is -0.132. The SMILES string of the molecule is CCC(=O)N(CC(F)(F)F)c1c(C)nn2c(-c3ccc(Cl)cc3Cl)c(CC)oc12. The molecule has 29 heavy (non-hydrogen) atoms. The summed E-state index contributed by atoms with van der Waals surface area (Å²) in [6.07, 6.45) is -4.23. The van der Waals surface area contributed by atoms with Crippen molar-refractivity contribution >= 4 is 40.5 Å². The number of fused-ring (bicyclic) bond motifs is 1. The molecule has 0 unspecified atom stereocenters. The number of anilines is 1. The van der Waals surface area contributed by atoms with Crippen LogP contribution in [-0.2, 0) is 11.2 Å². The van der Waals surface area contributed by atoms with Gasteiger partial charge in [-0.1, -0.05) is 37.0 Å². The molecule has 0 N–H and O–H groups in total. The summed E-state index contributed by atoms with van der Waals surface area (Å²) >= 11 is 12.3. The van der Waals surface area contributed by atoms with Gasteiger partial charge in [0.2, 0.25) is 11.6 Å². The molecule has 3 aromatic rings. The Morgan fingerprint density at radius 3 is 2.52 bits per heavy atom. The fourth-order valence-electron chi connectivity index (χ4n) is 3.18. The van der Waals surface area contributed by atoms with Crippen molar-refractivity contribution in [3.63, 3.8) is 0 Å². The van der Waals surface area contributed by atoms with Crippen LogP contribution >= 0.6 is 23.2 Å². The number of aromatic nitrogens is 2. The Balaban J connectivity index is 2.27. The topological polar surface area (TPSA) is 50.8 Å². The number of rotatable bonds is 5. The molecule has 10 heteroatoms. The van der Waals surface area contributed by atoms with Crippen molar-refractivity contribution in [2.24, 2.45) is 0 Å². The Morgan fingerprint density at radius 1 is 1.28 bits per heavy atom. The molecule has 0 aliphatic carbocycles. The largest absolute Gasteiger partial charge is 0.439 e. The van der Waals surface area contributed by atoms with E-state index in [1.54, 1.807) is 18.2 Å². The van der Waals surface area contributed by atoms with Gasteiger partial charge in [0.15, 0.2) is 0 Å². The van der Waals surface area contributed by atoms with Gasteiger partial charge < -0.3 is 4.42 Å². The van der Waals surface area contributed by atoms with Crippen LogP contribution in [0.5, 0.6) is 0 Å². The van der Waals surface area contributed by atoms with Gasteiger partial charge in [-0.05, 0) is 25.1 Å². The van der Waals surface area contributed by atoms with Gasteiger partial charge in [0.1, 0.15) is 23.7 Å². The zero-order valence-corrected chi connectivity index (χ0v) is 17.4. The van der Waals surface area contributed by atoms with Crippen molar-refractivity contribution in [3.8, 4) is 11.3 Å². The maximum absolute atomic E-state index is 13.2. The second-order valence-corrected chi connectivity index (χ2v) is 7.29. The minimum Gasteiger partial charge on any atom is -0.439 e. The molecule has 5 nitrogen and oxygen atoms in total. The molecule has 0 aliphatic heterocycles. The molecule has 0 spiro atoms. The Kier molecular flexibility index (Phi) is 5.87. The summed E-state index contributed by atoms with van der Waals surface area (Å²) < 4.78 is 46.7. The van der Waals surface area contributed by atoms with E-state index in [0.717, 1.165) is 0 Å². The summed E-state index contributed by atoms with van der Waals surface area (Å²) in [5.74, 6) is -0.199. The second-order valence-electron chi connectivity index (χ2n) is 6.45. The first-order valence-corrected chi connectivity index (χ1v) is 9.66. The summed E-state index contributed by atoms with van der Waals surface area (Å²) in [7, 11) is 0. The molecule has 3 rings (SSSR count). The van der Waals surface area contributed by atoms with Crippen LogP contribution in [0.25, 0.3) is 17.0 Å². The molecule has 0 atom stereocenters. The van der Waals surface area contributed by atoms with Crippen molar-refractivity contribution < 1.29 is 22.4 Å². The number of alkyl halides is 3. The first kappa shape index (κ1) is 21.5.